The van der Waals surface area contributed by atoms with Crippen LogP contribution in [0.25, 0.3) is 0 Å². The van der Waals surface area contributed by atoms with E-state index in [1.54, 1.807) is 12.3 Å². The Morgan fingerprint density at radius 1 is 1.44 bits per heavy atom. The molecule has 0 bridgehead atoms. The van der Waals surface area contributed by atoms with Crippen molar-refractivity contribution in [3.8, 4) is 0 Å². The van der Waals surface area contributed by atoms with Crippen molar-refractivity contribution in [3.63, 3.8) is 0 Å². The number of hydrogen-bond acceptors (Lipinski definition) is 3. The fraction of sp³-hybridized carbons (Fsp3) is 0.250. The second-order valence-electron chi connectivity index (χ2n) is 3.75. The molecule has 3 nitrogen and oxygen atoms in total. The lowest BCUT2D eigenvalue weighted by molar-refractivity contribution is 0.183. The van der Waals surface area contributed by atoms with Gasteiger partial charge in [-0.2, -0.15) is 0 Å². The van der Waals surface area contributed by atoms with Gasteiger partial charge in [0.15, 0.2) is 11.9 Å². The van der Waals surface area contributed by atoms with Gasteiger partial charge < -0.3 is 9.52 Å². The first-order valence-electron chi connectivity index (χ1n) is 4.93. The van der Waals surface area contributed by atoms with E-state index in [0.29, 0.717) is 11.5 Å². The Kier molecular flexibility index (Phi) is 3.12. The molecule has 1 atom stereocenters. The van der Waals surface area contributed by atoms with Crippen molar-refractivity contribution in [1.29, 1.82) is 0 Å². The lowest BCUT2D eigenvalue weighted by Gasteiger charge is -2.11. The van der Waals surface area contributed by atoms with E-state index in [1.165, 1.54) is 6.26 Å². The zero-order chi connectivity index (χ0) is 11.7. The normalized spacial score (nSPS) is 12.8. The lowest BCUT2D eigenvalue weighted by atomic mass is 10.1. The van der Waals surface area contributed by atoms with Crippen molar-refractivity contribution < 1.29 is 9.52 Å². The molecule has 4 heteroatoms. The maximum Gasteiger partial charge on any atom is 0.155 e. The standard InChI is InChI=1S/C12H12BrNO2/c1-7-5-8(2)10(14-6-7)11(15)12-9(13)3-4-16-12/h3-6,11,15H,1-2H3. The number of aliphatic hydroxyl groups is 1. The fourth-order valence-electron chi connectivity index (χ4n) is 1.64. The Bertz CT molecular complexity index is 507. The van der Waals surface area contributed by atoms with E-state index in [9.17, 15) is 5.11 Å². The second kappa shape index (κ2) is 4.39. The van der Waals surface area contributed by atoms with Gasteiger partial charge in [0.1, 0.15) is 0 Å². The van der Waals surface area contributed by atoms with Gasteiger partial charge in [0, 0.05) is 6.20 Å². The molecule has 0 aliphatic carbocycles. The number of nitrogens with zero attached hydrogens (tertiary/aromatic N) is 1. The number of hydrogen-bond donors (Lipinski definition) is 1. The number of aromatic nitrogens is 1. The van der Waals surface area contributed by atoms with E-state index >= 15 is 0 Å². The molecule has 84 valence electrons. The molecule has 1 N–H and O–H groups in total. The Morgan fingerprint density at radius 3 is 2.75 bits per heavy atom. The maximum atomic E-state index is 10.1. The van der Waals surface area contributed by atoms with E-state index in [1.807, 2.05) is 19.9 Å². The quantitative estimate of drug-likeness (QED) is 0.920. The van der Waals surface area contributed by atoms with E-state index in [0.717, 1.165) is 15.6 Å². The summed E-state index contributed by atoms with van der Waals surface area (Å²) < 4.78 is 5.98. The summed E-state index contributed by atoms with van der Waals surface area (Å²) in [6.45, 7) is 3.90. The summed E-state index contributed by atoms with van der Waals surface area (Å²) in [5.74, 6) is 0.486. The fourth-order valence-corrected chi connectivity index (χ4v) is 2.06. The molecule has 16 heavy (non-hydrogen) atoms. The summed E-state index contributed by atoms with van der Waals surface area (Å²) in [4.78, 5) is 4.24. The van der Waals surface area contributed by atoms with Crippen LogP contribution in [0.4, 0.5) is 0 Å². The first-order valence-corrected chi connectivity index (χ1v) is 5.73. The van der Waals surface area contributed by atoms with Crippen LogP contribution in [-0.4, -0.2) is 10.1 Å². The highest BCUT2D eigenvalue weighted by atomic mass is 79.9. The molecule has 0 spiro atoms. The van der Waals surface area contributed by atoms with Crippen molar-refractivity contribution >= 4 is 15.9 Å². The first kappa shape index (κ1) is 11.4. The highest BCUT2D eigenvalue weighted by Gasteiger charge is 2.20. The van der Waals surface area contributed by atoms with Gasteiger partial charge in [0.05, 0.1) is 16.4 Å². The Balaban J connectivity index is 2.41. The summed E-state index contributed by atoms with van der Waals surface area (Å²) >= 11 is 3.32. The smallest absolute Gasteiger partial charge is 0.155 e. The predicted molar refractivity (Wildman–Crippen MR) is 64.2 cm³/mol. The molecular formula is C12H12BrNO2. The highest BCUT2D eigenvalue weighted by molar-refractivity contribution is 9.10. The molecule has 0 amide bonds. The number of halogens is 1. The minimum absolute atomic E-state index is 0.486. The molecule has 0 aromatic carbocycles. The SMILES string of the molecule is Cc1cnc(C(O)c2occc2Br)c(C)c1. The molecule has 0 aliphatic heterocycles. The molecule has 2 rings (SSSR count). The monoisotopic (exact) mass is 281 g/mol. The summed E-state index contributed by atoms with van der Waals surface area (Å²) in [6.07, 6.45) is 2.44. The van der Waals surface area contributed by atoms with Crippen LogP contribution < -0.4 is 0 Å². The van der Waals surface area contributed by atoms with Crippen molar-refractivity contribution in [2.24, 2.45) is 0 Å². The van der Waals surface area contributed by atoms with Crippen molar-refractivity contribution in [1.82, 2.24) is 4.98 Å². The van der Waals surface area contributed by atoms with Crippen LogP contribution in [0.5, 0.6) is 0 Å². The summed E-state index contributed by atoms with van der Waals surface area (Å²) in [5, 5.41) is 10.1. The average molecular weight is 282 g/mol. The third-order valence-corrected chi connectivity index (χ3v) is 3.06. The maximum absolute atomic E-state index is 10.1. The minimum Gasteiger partial charge on any atom is -0.465 e. The Morgan fingerprint density at radius 2 is 2.19 bits per heavy atom. The van der Waals surface area contributed by atoms with Crippen LogP contribution >= 0.6 is 15.9 Å². The second-order valence-corrected chi connectivity index (χ2v) is 4.60. The van der Waals surface area contributed by atoms with Gasteiger partial charge >= 0.3 is 0 Å². The molecule has 2 aromatic heterocycles. The van der Waals surface area contributed by atoms with Crippen LogP contribution in [0, 0.1) is 13.8 Å². The zero-order valence-corrected chi connectivity index (χ0v) is 10.7. The molecule has 1 unspecified atom stereocenters. The number of aryl methyl sites for hydroxylation is 2. The van der Waals surface area contributed by atoms with Gasteiger partial charge in [-0.15, -0.1) is 0 Å². The number of rotatable bonds is 2. The van der Waals surface area contributed by atoms with Crippen LogP contribution in [0.2, 0.25) is 0 Å². The molecule has 2 aromatic rings. The third-order valence-electron chi connectivity index (χ3n) is 2.41. The number of pyridine rings is 1. The largest absolute Gasteiger partial charge is 0.465 e. The van der Waals surface area contributed by atoms with Gasteiger partial charge in [-0.1, -0.05) is 6.07 Å². The first-order chi connectivity index (χ1) is 7.59. The highest BCUT2D eigenvalue weighted by Crippen LogP contribution is 2.29. The minimum atomic E-state index is -0.829. The van der Waals surface area contributed by atoms with Crippen molar-refractivity contribution in [2.75, 3.05) is 0 Å². The molecule has 0 saturated carbocycles. The summed E-state index contributed by atoms with van der Waals surface area (Å²) in [6, 6.07) is 3.74. The molecule has 0 radical (unpaired) electrons. The van der Waals surface area contributed by atoms with Gasteiger partial charge in [0.25, 0.3) is 0 Å². The topological polar surface area (TPSA) is 46.3 Å². The molecule has 0 saturated heterocycles. The van der Waals surface area contributed by atoms with Gasteiger partial charge in [-0.25, -0.2) is 0 Å². The zero-order valence-electron chi connectivity index (χ0n) is 9.07. The Hall–Kier alpha value is -1.13. The molecule has 0 aliphatic rings. The lowest BCUT2D eigenvalue weighted by Crippen LogP contribution is -2.04. The average Bonchev–Trinajstić information content (AvgIpc) is 2.63. The number of furan rings is 1. The van der Waals surface area contributed by atoms with Crippen molar-refractivity contribution in [3.05, 3.63) is 51.6 Å². The molecular weight excluding hydrogens is 270 g/mol. The van der Waals surface area contributed by atoms with Crippen LogP contribution in [0.15, 0.2) is 33.5 Å². The van der Waals surface area contributed by atoms with Crippen LogP contribution in [0.3, 0.4) is 0 Å². The van der Waals surface area contributed by atoms with E-state index in [2.05, 4.69) is 20.9 Å². The number of aliphatic hydroxyl groups excluding tert-OH is 1. The molecule has 2 heterocycles. The Labute approximate surface area is 102 Å². The summed E-state index contributed by atoms with van der Waals surface area (Å²) in [5.41, 5.74) is 2.66. The van der Waals surface area contributed by atoms with Gasteiger partial charge in [-0.3, -0.25) is 4.98 Å². The van der Waals surface area contributed by atoms with E-state index < -0.39 is 6.10 Å². The van der Waals surface area contributed by atoms with Crippen LogP contribution in [-0.2, 0) is 0 Å². The van der Waals surface area contributed by atoms with E-state index in [-0.39, 0.29) is 0 Å². The summed E-state index contributed by atoms with van der Waals surface area (Å²) in [7, 11) is 0. The van der Waals surface area contributed by atoms with Gasteiger partial charge in [-0.05, 0) is 47.0 Å². The third kappa shape index (κ3) is 2.03. The van der Waals surface area contributed by atoms with Crippen molar-refractivity contribution in [2.45, 2.75) is 20.0 Å². The van der Waals surface area contributed by atoms with Crippen LogP contribution in [0.1, 0.15) is 28.7 Å². The predicted octanol–water partition coefficient (Wildman–Crippen LogP) is 3.14. The van der Waals surface area contributed by atoms with Gasteiger partial charge in [0.2, 0.25) is 0 Å². The molecule has 0 fully saturated rings. The van der Waals surface area contributed by atoms with E-state index in [4.69, 9.17) is 4.42 Å².